The molecule has 1 aromatic heterocycles. The molecule has 2 aromatic rings. The van der Waals surface area contributed by atoms with Gasteiger partial charge in [0.05, 0.1) is 23.4 Å². The summed E-state index contributed by atoms with van der Waals surface area (Å²) in [6, 6.07) is 2.55. The molecule has 8 heteroatoms. The minimum absolute atomic E-state index is 0.0664. The fourth-order valence-electron chi connectivity index (χ4n) is 4.12. The van der Waals surface area contributed by atoms with Gasteiger partial charge in [-0.15, -0.1) is 0 Å². The van der Waals surface area contributed by atoms with E-state index < -0.39 is 17.5 Å². The zero-order chi connectivity index (χ0) is 19.7. The normalized spacial score (nSPS) is 28.0. The molecule has 152 valence electrons. The summed E-state index contributed by atoms with van der Waals surface area (Å²) in [6.07, 6.45) is 4.39. The second kappa shape index (κ2) is 8.37. The molecule has 1 heterocycles. The molecule has 3 N–H and O–H groups in total. The third kappa shape index (κ3) is 4.33. The molecule has 0 unspecified atom stereocenters. The summed E-state index contributed by atoms with van der Waals surface area (Å²) < 4.78 is 28.4. The largest absolute Gasteiger partial charge is 0.393 e. The number of hydrogen-bond donors (Lipinski definition) is 3. The first-order chi connectivity index (χ1) is 13.5. The van der Waals surface area contributed by atoms with Crippen molar-refractivity contribution in [2.75, 3.05) is 5.32 Å². The van der Waals surface area contributed by atoms with Gasteiger partial charge in [-0.2, -0.15) is 11.8 Å². The summed E-state index contributed by atoms with van der Waals surface area (Å²) in [4.78, 5) is 19.5. The van der Waals surface area contributed by atoms with Crippen LogP contribution >= 0.6 is 11.8 Å². The quantitative estimate of drug-likeness (QED) is 0.698. The first-order valence-corrected chi connectivity index (χ1v) is 11.0. The van der Waals surface area contributed by atoms with Crippen LogP contribution in [0.15, 0.2) is 16.9 Å². The summed E-state index contributed by atoms with van der Waals surface area (Å²) in [6.45, 7) is 0. The highest BCUT2D eigenvalue weighted by Crippen LogP contribution is 2.31. The lowest BCUT2D eigenvalue weighted by atomic mass is 9.97. The van der Waals surface area contributed by atoms with E-state index in [1.54, 1.807) is 17.8 Å². The van der Waals surface area contributed by atoms with Crippen LogP contribution in [0.5, 0.6) is 0 Å². The monoisotopic (exact) mass is 409 g/mol. The minimum atomic E-state index is -0.938. The van der Waals surface area contributed by atoms with E-state index in [1.807, 2.05) is 0 Å². The Morgan fingerprint density at radius 2 is 2.00 bits per heavy atom. The van der Waals surface area contributed by atoms with Gasteiger partial charge in [0.2, 0.25) is 0 Å². The predicted molar refractivity (Wildman–Crippen MR) is 108 cm³/mol. The smallest absolute Gasteiger partial charge is 0.261 e. The van der Waals surface area contributed by atoms with E-state index in [-0.39, 0.29) is 23.0 Å². The van der Waals surface area contributed by atoms with Gasteiger partial charge >= 0.3 is 0 Å². The van der Waals surface area contributed by atoms with Crippen molar-refractivity contribution in [1.82, 2.24) is 9.97 Å². The van der Waals surface area contributed by atoms with Crippen molar-refractivity contribution in [2.24, 2.45) is 0 Å². The van der Waals surface area contributed by atoms with E-state index in [0.29, 0.717) is 35.4 Å². The molecule has 0 saturated heterocycles. The number of nitrogens with zero attached hydrogens (tertiary/aromatic N) is 1. The minimum Gasteiger partial charge on any atom is -0.393 e. The van der Waals surface area contributed by atoms with E-state index in [1.165, 1.54) is 6.07 Å². The SMILES string of the molecule is O=c1[nH]c(CSC2CCC(O)CC2)nc2cc(N[C@H]3CCC[C@@H]3F)cc(F)c12. The molecule has 2 aliphatic carbocycles. The topological polar surface area (TPSA) is 78.0 Å². The van der Waals surface area contributed by atoms with Crippen LogP contribution in [0.25, 0.3) is 10.9 Å². The van der Waals surface area contributed by atoms with Gasteiger partial charge in [-0.1, -0.05) is 0 Å². The number of thioether (sulfide) groups is 1. The Bertz CT molecular complexity index is 899. The number of hydrogen-bond acceptors (Lipinski definition) is 5. The first-order valence-electron chi connectivity index (χ1n) is 9.92. The fourth-order valence-corrected chi connectivity index (χ4v) is 5.26. The summed E-state index contributed by atoms with van der Waals surface area (Å²) in [7, 11) is 0. The molecule has 0 radical (unpaired) electrons. The van der Waals surface area contributed by atoms with Crippen molar-refractivity contribution >= 4 is 28.4 Å². The molecule has 5 nitrogen and oxygen atoms in total. The summed E-state index contributed by atoms with van der Waals surface area (Å²) in [5.74, 6) is 0.387. The van der Waals surface area contributed by atoms with Gasteiger partial charge in [0.1, 0.15) is 23.2 Å². The van der Waals surface area contributed by atoms with E-state index in [9.17, 15) is 18.7 Å². The fraction of sp³-hybridized carbons (Fsp3) is 0.600. The first kappa shape index (κ1) is 19.6. The van der Waals surface area contributed by atoms with E-state index in [0.717, 1.165) is 32.1 Å². The molecule has 2 atom stereocenters. The number of aromatic nitrogens is 2. The van der Waals surface area contributed by atoms with Crippen LogP contribution in [0.4, 0.5) is 14.5 Å². The molecule has 28 heavy (non-hydrogen) atoms. The van der Waals surface area contributed by atoms with Gasteiger partial charge in [-0.05, 0) is 57.1 Å². The van der Waals surface area contributed by atoms with Crippen LogP contribution in [0, 0.1) is 5.82 Å². The van der Waals surface area contributed by atoms with Crippen LogP contribution in [0.1, 0.15) is 50.8 Å². The standard InChI is InChI=1S/C20H25F2N3O2S/c21-14-2-1-3-16(14)23-11-8-15(22)19-17(9-11)24-18(25-20(19)27)10-28-13-6-4-12(26)5-7-13/h8-9,12-14,16,23,26H,1-7,10H2,(H,24,25,27)/t12?,13?,14-,16-/m0/s1. The Morgan fingerprint density at radius 1 is 1.21 bits per heavy atom. The van der Waals surface area contributed by atoms with Crippen LogP contribution in [0.3, 0.4) is 0 Å². The highest BCUT2D eigenvalue weighted by molar-refractivity contribution is 7.99. The number of fused-ring (bicyclic) bond motifs is 1. The maximum Gasteiger partial charge on any atom is 0.261 e. The second-order valence-corrected chi connectivity index (χ2v) is 9.09. The van der Waals surface area contributed by atoms with Crippen LogP contribution in [-0.2, 0) is 5.75 Å². The highest BCUT2D eigenvalue weighted by atomic mass is 32.2. The number of nitrogens with one attached hydrogen (secondary N) is 2. The maximum absolute atomic E-state index is 14.5. The van der Waals surface area contributed by atoms with E-state index in [4.69, 9.17) is 0 Å². The molecule has 2 saturated carbocycles. The lowest BCUT2D eigenvalue weighted by Gasteiger charge is -2.24. The van der Waals surface area contributed by atoms with Crippen LogP contribution in [0.2, 0.25) is 0 Å². The Balaban J connectivity index is 1.53. The van der Waals surface area contributed by atoms with Crippen molar-refractivity contribution in [3.8, 4) is 0 Å². The number of H-pyrrole nitrogens is 1. The van der Waals surface area contributed by atoms with Gasteiger partial charge in [-0.3, -0.25) is 4.79 Å². The molecular formula is C20H25F2N3O2S. The van der Waals surface area contributed by atoms with Gasteiger partial charge in [-0.25, -0.2) is 13.8 Å². The Morgan fingerprint density at radius 3 is 2.71 bits per heavy atom. The number of halogens is 2. The van der Waals surface area contributed by atoms with Crippen molar-refractivity contribution in [3.63, 3.8) is 0 Å². The number of aliphatic hydroxyl groups is 1. The number of rotatable bonds is 5. The molecule has 0 bridgehead atoms. The third-order valence-corrected chi connectivity index (χ3v) is 7.08. The van der Waals surface area contributed by atoms with Crippen molar-refractivity contribution in [1.29, 1.82) is 0 Å². The predicted octanol–water partition coefficient (Wildman–Crippen LogP) is 3.90. The lowest BCUT2D eigenvalue weighted by molar-refractivity contribution is 0.132. The van der Waals surface area contributed by atoms with Crippen molar-refractivity contribution in [3.05, 3.63) is 34.1 Å². The highest BCUT2D eigenvalue weighted by Gasteiger charge is 2.27. The molecule has 0 aliphatic heterocycles. The van der Waals surface area contributed by atoms with Gasteiger partial charge in [0, 0.05) is 10.9 Å². The summed E-state index contributed by atoms with van der Waals surface area (Å²) in [5.41, 5.74) is 0.250. The number of anilines is 1. The summed E-state index contributed by atoms with van der Waals surface area (Å²) in [5, 5.41) is 13.0. The zero-order valence-corrected chi connectivity index (χ0v) is 16.4. The van der Waals surface area contributed by atoms with E-state index >= 15 is 0 Å². The Hall–Kier alpha value is -1.67. The molecule has 2 fully saturated rings. The Labute approximate surface area is 166 Å². The van der Waals surface area contributed by atoms with Crippen molar-refractivity contribution in [2.45, 2.75) is 74.3 Å². The van der Waals surface area contributed by atoms with E-state index in [2.05, 4.69) is 15.3 Å². The maximum atomic E-state index is 14.5. The molecule has 4 rings (SSSR count). The Kier molecular flexibility index (Phi) is 5.87. The number of aliphatic hydroxyl groups excluding tert-OH is 1. The van der Waals surface area contributed by atoms with Gasteiger partial charge in [0.15, 0.2) is 0 Å². The van der Waals surface area contributed by atoms with Crippen LogP contribution in [-0.4, -0.2) is 38.6 Å². The third-order valence-electron chi connectivity index (χ3n) is 5.69. The zero-order valence-electron chi connectivity index (χ0n) is 15.6. The molecular weight excluding hydrogens is 384 g/mol. The van der Waals surface area contributed by atoms with Gasteiger partial charge < -0.3 is 15.4 Å². The average molecular weight is 410 g/mol. The second-order valence-electron chi connectivity index (χ2n) is 7.80. The number of alkyl halides is 1. The average Bonchev–Trinajstić information content (AvgIpc) is 3.05. The number of aromatic amines is 1. The molecule has 2 aliphatic rings. The lowest BCUT2D eigenvalue weighted by Crippen LogP contribution is -2.25. The molecule has 0 amide bonds. The molecule has 0 spiro atoms. The van der Waals surface area contributed by atoms with Crippen molar-refractivity contribution < 1.29 is 13.9 Å². The number of benzene rings is 1. The summed E-state index contributed by atoms with van der Waals surface area (Å²) >= 11 is 1.70. The van der Waals surface area contributed by atoms with Gasteiger partial charge in [0.25, 0.3) is 5.56 Å². The van der Waals surface area contributed by atoms with Crippen LogP contribution < -0.4 is 10.9 Å². The molecule has 1 aromatic carbocycles.